The Hall–Kier alpha value is -2.20. The number of rotatable bonds is 5. The molecule has 1 N–H and O–H groups in total. The SMILES string of the molecule is Cc1ccc(C)c(CN2CCCC(CNC(=O)c3ccc(F)cc3)C2)c1. The lowest BCUT2D eigenvalue weighted by Crippen LogP contribution is -2.40. The Morgan fingerprint density at radius 2 is 1.96 bits per heavy atom. The molecule has 1 amide bonds. The summed E-state index contributed by atoms with van der Waals surface area (Å²) in [5, 5.41) is 3.00. The predicted molar refractivity (Wildman–Crippen MR) is 103 cm³/mol. The molecule has 1 heterocycles. The topological polar surface area (TPSA) is 32.3 Å². The average molecular weight is 354 g/mol. The van der Waals surface area contributed by atoms with E-state index in [1.807, 2.05) is 0 Å². The molecule has 2 aromatic rings. The summed E-state index contributed by atoms with van der Waals surface area (Å²) in [4.78, 5) is 14.7. The van der Waals surface area contributed by atoms with Crippen molar-refractivity contribution in [3.63, 3.8) is 0 Å². The van der Waals surface area contributed by atoms with E-state index < -0.39 is 0 Å². The Morgan fingerprint density at radius 3 is 2.73 bits per heavy atom. The molecule has 0 radical (unpaired) electrons. The second-order valence-corrected chi connectivity index (χ2v) is 7.39. The van der Waals surface area contributed by atoms with E-state index >= 15 is 0 Å². The van der Waals surface area contributed by atoms with Gasteiger partial charge in [0.1, 0.15) is 5.82 Å². The molecule has 138 valence electrons. The van der Waals surface area contributed by atoms with Crippen molar-refractivity contribution in [2.75, 3.05) is 19.6 Å². The molecule has 1 unspecified atom stereocenters. The van der Waals surface area contributed by atoms with Gasteiger partial charge in [-0.15, -0.1) is 0 Å². The van der Waals surface area contributed by atoms with E-state index in [1.165, 1.54) is 41.0 Å². The van der Waals surface area contributed by atoms with Crippen molar-refractivity contribution in [1.29, 1.82) is 0 Å². The highest BCUT2D eigenvalue weighted by atomic mass is 19.1. The van der Waals surface area contributed by atoms with Gasteiger partial charge in [0.05, 0.1) is 0 Å². The normalized spacial score (nSPS) is 17.9. The third-order valence-corrected chi connectivity index (χ3v) is 5.16. The van der Waals surface area contributed by atoms with Crippen LogP contribution in [0.4, 0.5) is 4.39 Å². The number of carbonyl (C=O) groups excluding carboxylic acids is 1. The van der Waals surface area contributed by atoms with Gasteiger partial charge in [-0.05, 0) is 74.5 Å². The molecule has 1 aliphatic rings. The fraction of sp³-hybridized carbons (Fsp3) is 0.409. The average Bonchev–Trinajstić information content (AvgIpc) is 2.64. The first-order valence-electron chi connectivity index (χ1n) is 9.33. The van der Waals surface area contributed by atoms with Crippen molar-refractivity contribution in [1.82, 2.24) is 10.2 Å². The van der Waals surface area contributed by atoms with Crippen LogP contribution < -0.4 is 5.32 Å². The summed E-state index contributed by atoms with van der Waals surface area (Å²) in [5.74, 6) is 0.00540. The highest BCUT2D eigenvalue weighted by Crippen LogP contribution is 2.20. The van der Waals surface area contributed by atoms with Gasteiger partial charge in [-0.1, -0.05) is 23.8 Å². The zero-order valence-corrected chi connectivity index (χ0v) is 15.6. The standard InChI is InChI=1S/C22H27FN2O/c1-16-5-6-17(2)20(12-16)15-25-11-3-4-18(14-25)13-24-22(26)19-7-9-21(23)10-8-19/h5-10,12,18H,3-4,11,13-15H2,1-2H3,(H,24,26). The number of likely N-dealkylation sites (tertiary alicyclic amines) is 1. The van der Waals surface area contributed by atoms with Crippen LogP contribution in [-0.4, -0.2) is 30.4 Å². The van der Waals surface area contributed by atoms with Crippen LogP contribution in [0.2, 0.25) is 0 Å². The van der Waals surface area contributed by atoms with Crippen LogP contribution in [0.5, 0.6) is 0 Å². The minimum atomic E-state index is -0.323. The molecule has 0 aromatic heterocycles. The molecule has 0 saturated carbocycles. The molecule has 3 rings (SSSR count). The van der Waals surface area contributed by atoms with E-state index in [9.17, 15) is 9.18 Å². The number of halogens is 1. The number of amides is 1. The minimum Gasteiger partial charge on any atom is -0.352 e. The van der Waals surface area contributed by atoms with Crippen molar-refractivity contribution in [2.24, 2.45) is 5.92 Å². The molecule has 1 saturated heterocycles. The molecule has 3 nitrogen and oxygen atoms in total. The van der Waals surface area contributed by atoms with E-state index in [4.69, 9.17) is 0 Å². The largest absolute Gasteiger partial charge is 0.352 e. The van der Waals surface area contributed by atoms with Crippen LogP contribution in [0.1, 0.15) is 39.9 Å². The van der Waals surface area contributed by atoms with Gasteiger partial charge in [-0.25, -0.2) is 4.39 Å². The number of hydrogen-bond donors (Lipinski definition) is 1. The first-order chi connectivity index (χ1) is 12.5. The smallest absolute Gasteiger partial charge is 0.251 e. The van der Waals surface area contributed by atoms with Gasteiger partial charge in [-0.3, -0.25) is 9.69 Å². The number of piperidine rings is 1. The van der Waals surface area contributed by atoms with Crippen LogP contribution in [-0.2, 0) is 6.54 Å². The second kappa shape index (κ2) is 8.45. The number of aryl methyl sites for hydroxylation is 2. The summed E-state index contributed by atoms with van der Waals surface area (Å²) < 4.78 is 13.0. The van der Waals surface area contributed by atoms with Crippen LogP contribution in [0.25, 0.3) is 0 Å². The van der Waals surface area contributed by atoms with Gasteiger partial charge in [0.25, 0.3) is 5.91 Å². The van der Waals surface area contributed by atoms with Crippen LogP contribution in [0.15, 0.2) is 42.5 Å². The fourth-order valence-electron chi connectivity index (χ4n) is 3.61. The van der Waals surface area contributed by atoms with Gasteiger partial charge < -0.3 is 5.32 Å². The quantitative estimate of drug-likeness (QED) is 0.877. The Balaban J connectivity index is 1.52. The number of nitrogens with one attached hydrogen (secondary N) is 1. The Kier molecular flexibility index (Phi) is 6.04. The van der Waals surface area contributed by atoms with Crippen molar-refractivity contribution >= 4 is 5.91 Å². The maximum atomic E-state index is 13.0. The van der Waals surface area contributed by atoms with Gasteiger partial charge in [-0.2, -0.15) is 0 Å². The summed E-state index contributed by atoms with van der Waals surface area (Å²) in [6.07, 6.45) is 2.29. The highest BCUT2D eigenvalue weighted by Gasteiger charge is 2.21. The van der Waals surface area contributed by atoms with Crippen molar-refractivity contribution in [2.45, 2.75) is 33.2 Å². The molecule has 26 heavy (non-hydrogen) atoms. The molecular weight excluding hydrogens is 327 g/mol. The molecular formula is C22H27FN2O. The Bertz CT molecular complexity index is 757. The third-order valence-electron chi connectivity index (χ3n) is 5.16. The third kappa shape index (κ3) is 4.92. The second-order valence-electron chi connectivity index (χ2n) is 7.39. The van der Waals surface area contributed by atoms with Gasteiger partial charge in [0, 0.05) is 25.2 Å². The molecule has 2 aromatic carbocycles. The maximum Gasteiger partial charge on any atom is 0.251 e. The van der Waals surface area contributed by atoms with Crippen LogP contribution in [0.3, 0.4) is 0 Å². The van der Waals surface area contributed by atoms with Crippen molar-refractivity contribution in [3.8, 4) is 0 Å². The lowest BCUT2D eigenvalue weighted by molar-refractivity contribution is 0.0930. The van der Waals surface area contributed by atoms with E-state index in [2.05, 4.69) is 42.3 Å². The molecule has 0 spiro atoms. The first kappa shape index (κ1) is 18.6. The minimum absolute atomic E-state index is 0.128. The lowest BCUT2D eigenvalue weighted by atomic mass is 9.96. The van der Waals surface area contributed by atoms with Crippen LogP contribution >= 0.6 is 0 Å². The molecule has 0 bridgehead atoms. The Morgan fingerprint density at radius 1 is 1.19 bits per heavy atom. The molecule has 1 aliphatic heterocycles. The number of carbonyl (C=O) groups is 1. The monoisotopic (exact) mass is 354 g/mol. The predicted octanol–water partition coefficient (Wildman–Crippen LogP) is 4.08. The zero-order valence-electron chi connectivity index (χ0n) is 15.6. The summed E-state index contributed by atoms with van der Waals surface area (Å²) in [6.45, 7) is 8.04. The molecule has 1 fully saturated rings. The van der Waals surface area contributed by atoms with Gasteiger partial charge in [0.2, 0.25) is 0 Å². The molecule has 0 aliphatic carbocycles. The summed E-state index contributed by atoms with van der Waals surface area (Å²) in [7, 11) is 0. The van der Waals surface area contributed by atoms with Gasteiger partial charge >= 0.3 is 0 Å². The fourth-order valence-corrected chi connectivity index (χ4v) is 3.61. The summed E-state index contributed by atoms with van der Waals surface area (Å²) >= 11 is 0. The number of nitrogens with zero attached hydrogens (tertiary/aromatic N) is 1. The Labute approximate surface area is 155 Å². The summed E-state index contributed by atoms with van der Waals surface area (Å²) in [5.41, 5.74) is 4.53. The zero-order chi connectivity index (χ0) is 18.5. The number of benzene rings is 2. The van der Waals surface area contributed by atoms with E-state index in [1.54, 1.807) is 0 Å². The molecule has 4 heteroatoms. The van der Waals surface area contributed by atoms with Crippen molar-refractivity contribution < 1.29 is 9.18 Å². The van der Waals surface area contributed by atoms with Crippen LogP contribution in [0, 0.1) is 25.6 Å². The highest BCUT2D eigenvalue weighted by molar-refractivity contribution is 5.94. The molecule has 1 atom stereocenters. The van der Waals surface area contributed by atoms with E-state index in [0.29, 0.717) is 18.0 Å². The van der Waals surface area contributed by atoms with E-state index in [-0.39, 0.29) is 11.7 Å². The van der Waals surface area contributed by atoms with Crippen molar-refractivity contribution in [3.05, 3.63) is 70.5 Å². The number of hydrogen-bond acceptors (Lipinski definition) is 2. The summed E-state index contributed by atoms with van der Waals surface area (Å²) in [6, 6.07) is 12.3. The first-order valence-corrected chi connectivity index (χ1v) is 9.33. The maximum absolute atomic E-state index is 13.0. The van der Waals surface area contributed by atoms with Gasteiger partial charge in [0.15, 0.2) is 0 Å². The lowest BCUT2D eigenvalue weighted by Gasteiger charge is -2.33. The van der Waals surface area contributed by atoms with E-state index in [0.717, 1.165) is 32.5 Å².